The predicted octanol–water partition coefficient (Wildman–Crippen LogP) is 3.81. The number of halogens is 1. The fourth-order valence-electron chi connectivity index (χ4n) is 4.11. The molecule has 0 spiro atoms. The number of aliphatic carboxylic acids is 1. The van der Waals surface area contributed by atoms with Crippen LogP contribution in [0.15, 0.2) is 18.2 Å². The van der Waals surface area contributed by atoms with Crippen molar-refractivity contribution in [3.63, 3.8) is 0 Å². The van der Waals surface area contributed by atoms with Gasteiger partial charge < -0.3 is 9.84 Å². The highest BCUT2D eigenvalue weighted by atomic mass is 35.5. The molecule has 1 aromatic carbocycles. The fraction of sp³-hybridized carbons (Fsp3) is 0.611. The standard InChI is InChI=1S/C18H24ClNO3/c1-12(2)23-16-6-5-13(8-15(16)19)9-20-10-14-4-3-7-18(14,11-20)17(21)22/h5-6,8,12,14H,3-4,7,9-11H2,1-2H3,(H,21,22)/t14-,18+/m0/s1. The van der Waals surface area contributed by atoms with E-state index in [1.807, 2.05) is 32.0 Å². The number of hydrogen-bond donors (Lipinski definition) is 1. The van der Waals surface area contributed by atoms with E-state index in [0.717, 1.165) is 37.9 Å². The predicted molar refractivity (Wildman–Crippen MR) is 89.9 cm³/mol. The summed E-state index contributed by atoms with van der Waals surface area (Å²) >= 11 is 6.29. The highest BCUT2D eigenvalue weighted by Crippen LogP contribution is 2.49. The number of likely N-dealkylation sites (tertiary alicyclic amines) is 1. The number of carboxylic acids is 1. The first kappa shape index (κ1) is 16.6. The molecule has 0 aromatic heterocycles. The summed E-state index contributed by atoms with van der Waals surface area (Å²) in [5, 5.41) is 10.3. The van der Waals surface area contributed by atoms with Gasteiger partial charge in [0.25, 0.3) is 0 Å². The van der Waals surface area contributed by atoms with Gasteiger partial charge in [0, 0.05) is 19.6 Å². The van der Waals surface area contributed by atoms with Crippen LogP contribution in [-0.4, -0.2) is 35.2 Å². The molecule has 1 saturated carbocycles. The highest BCUT2D eigenvalue weighted by molar-refractivity contribution is 6.32. The lowest BCUT2D eigenvalue weighted by atomic mass is 9.81. The van der Waals surface area contributed by atoms with Crippen LogP contribution in [-0.2, 0) is 11.3 Å². The quantitative estimate of drug-likeness (QED) is 0.887. The Morgan fingerprint density at radius 2 is 2.30 bits per heavy atom. The molecule has 1 heterocycles. The number of hydrogen-bond acceptors (Lipinski definition) is 3. The van der Waals surface area contributed by atoms with Crippen LogP contribution in [0.4, 0.5) is 0 Å². The summed E-state index contributed by atoms with van der Waals surface area (Å²) in [5.74, 6) is 0.367. The zero-order valence-electron chi connectivity index (χ0n) is 13.7. The van der Waals surface area contributed by atoms with Crippen LogP contribution in [0, 0.1) is 11.3 Å². The minimum Gasteiger partial charge on any atom is -0.489 e. The largest absolute Gasteiger partial charge is 0.489 e. The van der Waals surface area contributed by atoms with Gasteiger partial charge in [-0.1, -0.05) is 24.1 Å². The smallest absolute Gasteiger partial charge is 0.311 e. The molecular weight excluding hydrogens is 314 g/mol. The lowest BCUT2D eigenvalue weighted by Crippen LogP contribution is -2.35. The van der Waals surface area contributed by atoms with Gasteiger partial charge in [0.05, 0.1) is 16.5 Å². The Bertz CT molecular complexity index is 604. The number of fused-ring (bicyclic) bond motifs is 1. The second-order valence-electron chi connectivity index (χ2n) is 7.15. The average Bonchev–Trinajstić information content (AvgIpc) is 2.99. The van der Waals surface area contributed by atoms with Crippen molar-refractivity contribution in [1.82, 2.24) is 4.90 Å². The molecule has 3 rings (SSSR count). The Morgan fingerprint density at radius 1 is 1.52 bits per heavy atom. The Balaban J connectivity index is 1.69. The first-order valence-electron chi connectivity index (χ1n) is 8.31. The molecule has 2 aliphatic rings. The number of benzene rings is 1. The molecule has 0 amide bonds. The summed E-state index contributed by atoms with van der Waals surface area (Å²) < 4.78 is 5.65. The van der Waals surface area contributed by atoms with Crippen LogP contribution in [0.3, 0.4) is 0 Å². The van der Waals surface area contributed by atoms with Crippen LogP contribution < -0.4 is 4.74 Å². The van der Waals surface area contributed by atoms with Crippen molar-refractivity contribution in [2.45, 2.75) is 45.8 Å². The number of ether oxygens (including phenoxy) is 1. The Labute approximate surface area is 142 Å². The SMILES string of the molecule is CC(C)Oc1ccc(CN2C[C@@H]3CCC[C@@]3(C(=O)O)C2)cc1Cl. The van der Waals surface area contributed by atoms with Gasteiger partial charge in [0.1, 0.15) is 5.75 Å². The number of carboxylic acid groups (broad SMARTS) is 1. The van der Waals surface area contributed by atoms with Crippen molar-refractivity contribution >= 4 is 17.6 Å². The van der Waals surface area contributed by atoms with Crippen molar-refractivity contribution in [2.24, 2.45) is 11.3 Å². The van der Waals surface area contributed by atoms with Crippen molar-refractivity contribution in [3.05, 3.63) is 28.8 Å². The number of carbonyl (C=O) groups is 1. The van der Waals surface area contributed by atoms with E-state index in [0.29, 0.717) is 23.2 Å². The van der Waals surface area contributed by atoms with E-state index in [2.05, 4.69) is 4.90 Å². The van der Waals surface area contributed by atoms with Gasteiger partial charge in [-0.2, -0.15) is 0 Å². The van der Waals surface area contributed by atoms with Gasteiger partial charge in [-0.05, 0) is 50.3 Å². The molecule has 2 fully saturated rings. The molecule has 0 unspecified atom stereocenters. The molecule has 0 bridgehead atoms. The molecule has 4 nitrogen and oxygen atoms in total. The third-order valence-electron chi connectivity index (χ3n) is 5.13. The molecule has 1 saturated heterocycles. The van der Waals surface area contributed by atoms with E-state index in [4.69, 9.17) is 16.3 Å². The van der Waals surface area contributed by atoms with E-state index in [1.165, 1.54) is 0 Å². The molecule has 1 aliphatic heterocycles. The molecular formula is C18H24ClNO3. The zero-order valence-corrected chi connectivity index (χ0v) is 14.5. The summed E-state index contributed by atoms with van der Waals surface area (Å²) in [6.07, 6.45) is 2.97. The molecule has 23 heavy (non-hydrogen) atoms. The van der Waals surface area contributed by atoms with E-state index < -0.39 is 11.4 Å². The van der Waals surface area contributed by atoms with Crippen LogP contribution >= 0.6 is 11.6 Å². The molecule has 126 valence electrons. The third-order valence-corrected chi connectivity index (χ3v) is 5.43. The van der Waals surface area contributed by atoms with E-state index >= 15 is 0 Å². The molecule has 2 atom stereocenters. The summed E-state index contributed by atoms with van der Waals surface area (Å²) in [6, 6.07) is 5.85. The van der Waals surface area contributed by atoms with Crippen molar-refractivity contribution in [1.29, 1.82) is 0 Å². The maximum atomic E-state index is 11.7. The third kappa shape index (κ3) is 3.20. The van der Waals surface area contributed by atoms with Crippen LogP contribution in [0.2, 0.25) is 5.02 Å². The Hall–Kier alpha value is -1.26. The van der Waals surface area contributed by atoms with Gasteiger partial charge in [-0.15, -0.1) is 0 Å². The van der Waals surface area contributed by atoms with E-state index in [1.54, 1.807) is 0 Å². The molecule has 0 radical (unpaired) electrons. The summed E-state index contributed by atoms with van der Waals surface area (Å²) in [7, 11) is 0. The Kier molecular flexibility index (Phi) is 4.56. The summed E-state index contributed by atoms with van der Waals surface area (Å²) in [4.78, 5) is 14.0. The highest BCUT2D eigenvalue weighted by Gasteiger charge is 2.54. The number of nitrogens with zero attached hydrogens (tertiary/aromatic N) is 1. The maximum absolute atomic E-state index is 11.7. The normalized spacial score (nSPS) is 27.4. The van der Waals surface area contributed by atoms with Gasteiger partial charge in [0.15, 0.2) is 0 Å². The molecule has 5 heteroatoms. The first-order valence-corrected chi connectivity index (χ1v) is 8.69. The van der Waals surface area contributed by atoms with Gasteiger partial charge in [-0.3, -0.25) is 9.69 Å². The summed E-state index contributed by atoms with van der Waals surface area (Å²) in [6.45, 7) is 6.20. The van der Waals surface area contributed by atoms with Crippen LogP contribution in [0.25, 0.3) is 0 Å². The van der Waals surface area contributed by atoms with Crippen LogP contribution in [0.1, 0.15) is 38.7 Å². The molecule has 1 aliphatic carbocycles. The number of rotatable bonds is 5. The Morgan fingerprint density at radius 3 is 2.91 bits per heavy atom. The van der Waals surface area contributed by atoms with Crippen molar-refractivity contribution in [3.8, 4) is 5.75 Å². The van der Waals surface area contributed by atoms with Crippen molar-refractivity contribution in [2.75, 3.05) is 13.1 Å². The summed E-state index contributed by atoms with van der Waals surface area (Å²) in [5.41, 5.74) is 0.580. The minimum absolute atomic E-state index is 0.0896. The van der Waals surface area contributed by atoms with E-state index in [9.17, 15) is 9.90 Å². The first-order chi connectivity index (χ1) is 10.9. The van der Waals surface area contributed by atoms with Gasteiger partial charge in [0.2, 0.25) is 0 Å². The molecule has 1 aromatic rings. The average molecular weight is 338 g/mol. The molecule has 1 N–H and O–H groups in total. The van der Waals surface area contributed by atoms with Crippen molar-refractivity contribution < 1.29 is 14.6 Å². The van der Waals surface area contributed by atoms with Crippen LogP contribution in [0.5, 0.6) is 5.75 Å². The minimum atomic E-state index is -0.624. The monoisotopic (exact) mass is 337 g/mol. The topological polar surface area (TPSA) is 49.8 Å². The van der Waals surface area contributed by atoms with Gasteiger partial charge in [-0.25, -0.2) is 0 Å². The lowest BCUT2D eigenvalue weighted by molar-refractivity contribution is -0.149. The lowest BCUT2D eigenvalue weighted by Gasteiger charge is -2.23. The van der Waals surface area contributed by atoms with Gasteiger partial charge >= 0.3 is 5.97 Å². The second-order valence-corrected chi connectivity index (χ2v) is 7.56. The second kappa shape index (κ2) is 6.33. The van der Waals surface area contributed by atoms with E-state index in [-0.39, 0.29) is 6.10 Å². The zero-order chi connectivity index (χ0) is 16.6. The maximum Gasteiger partial charge on any atom is 0.311 e. The fourth-order valence-corrected chi connectivity index (χ4v) is 4.36.